The Morgan fingerprint density at radius 3 is 1.43 bits per heavy atom. The smallest absolute Gasteiger partial charge is 0.252 e. The SMILES string of the molecule is CC(C)(C)c1cc2c3c(c1)N(c1cccc4c1sc1ccccc14)c1cc4c(cc1B3c1cc3c(cc1N2c1ccc2c(c1)C(C)(C)CCC2(C)C)C(C)(C)CCC3(C)C)C(C)(C)CCC4(C)C. The average Bonchev–Trinajstić information content (AvgIpc) is 3.66. The predicted molar refractivity (Wildman–Crippen MR) is 298 cm³/mol. The first-order chi connectivity index (χ1) is 31.8. The summed E-state index contributed by atoms with van der Waals surface area (Å²) in [5, 5.41) is 2.69. The Kier molecular flexibility index (Phi) is 9.12. The number of fused-ring (bicyclic) bond motifs is 10. The first-order valence-corrected chi connectivity index (χ1v) is 26.8. The van der Waals surface area contributed by atoms with Gasteiger partial charge in [-0.25, -0.2) is 0 Å². The van der Waals surface area contributed by atoms with Crippen molar-refractivity contribution in [2.75, 3.05) is 9.80 Å². The molecule has 3 aliphatic carbocycles. The molecule has 0 fully saturated rings. The van der Waals surface area contributed by atoms with Crippen LogP contribution >= 0.6 is 11.3 Å². The quantitative estimate of drug-likeness (QED) is 0.159. The maximum Gasteiger partial charge on any atom is 0.252 e. The Labute approximate surface area is 412 Å². The second-order valence-electron chi connectivity index (χ2n) is 27.0. The fourth-order valence-electron chi connectivity index (χ4n) is 13.7. The van der Waals surface area contributed by atoms with Crippen LogP contribution in [0.15, 0.2) is 97.1 Å². The Bertz CT molecular complexity index is 3310. The monoisotopic (exact) mass is 913 g/mol. The third-order valence-electron chi connectivity index (χ3n) is 18.6. The number of rotatable bonds is 2. The van der Waals surface area contributed by atoms with Crippen molar-refractivity contribution in [3.05, 3.63) is 136 Å². The molecule has 0 bridgehead atoms. The number of hydrogen-bond acceptors (Lipinski definition) is 3. The maximum absolute atomic E-state index is 2.75. The van der Waals surface area contributed by atoms with Gasteiger partial charge in [0.25, 0.3) is 6.71 Å². The summed E-state index contributed by atoms with van der Waals surface area (Å²) in [4.78, 5) is 5.51. The number of nitrogens with zero attached hydrogens (tertiary/aromatic N) is 2. The lowest BCUT2D eigenvalue weighted by molar-refractivity contribution is 0.332. The van der Waals surface area contributed by atoms with E-state index in [1.165, 1.54) is 148 Å². The lowest BCUT2D eigenvalue weighted by atomic mass is 9.32. The molecule has 0 spiro atoms. The van der Waals surface area contributed by atoms with Gasteiger partial charge in [-0.2, -0.15) is 0 Å². The molecule has 0 amide bonds. The largest absolute Gasteiger partial charge is 0.311 e. The summed E-state index contributed by atoms with van der Waals surface area (Å²) in [6, 6.07) is 39.9. The summed E-state index contributed by atoms with van der Waals surface area (Å²) >= 11 is 1.96. The highest BCUT2D eigenvalue weighted by Gasteiger charge is 2.49. The van der Waals surface area contributed by atoms with E-state index in [4.69, 9.17) is 0 Å². The second kappa shape index (κ2) is 14.0. The van der Waals surface area contributed by atoms with E-state index in [1.54, 1.807) is 0 Å². The minimum Gasteiger partial charge on any atom is -0.311 e. The van der Waals surface area contributed by atoms with Gasteiger partial charge in [-0.3, -0.25) is 0 Å². The highest BCUT2D eigenvalue weighted by molar-refractivity contribution is 7.26. The highest BCUT2D eigenvalue weighted by Crippen LogP contribution is 2.56. The zero-order chi connectivity index (χ0) is 48.0. The molecule has 2 nitrogen and oxygen atoms in total. The molecule has 7 aromatic rings. The molecule has 3 heterocycles. The Morgan fingerprint density at radius 2 is 0.882 bits per heavy atom. The zero-order valence-corrected chi connectivity index (χ0v) is 44.7. The van der Waals surface area contributed by atoms with Gasteiger partial charge in [-0.05, 0) is 180 Å². The molecule has 0 atom stereocenters. The van der Waals surface area contributed by atoms with Crippen LogP contribution in [0.3, 0.4) is 0 Å². The van der Waals surface area contributed by atoms with Crippen LogP contribution in [0.4, 0.5) is 34.1 Å². The van der Waals surface area contributed by atoms with Crippen molar-refractivity contribution < 1.29 is 0 Å². The normalized spacial score (nSPS) is 20.8. The predicted octanol–water partition coefficient (Wildman–Crippen LogP) is 16.5. The van der Waals surface area contributed by atoms with Crippen LogP contribution in [-0.2, 0) is 37.9 Å². The van der Waals surface area contributed by atoms with Crippen molar-refractivity contribution >= 4 is 88.7 Å². The van der Waals surface area contributed by atoms with E-state index in [0.717, 1.165) is 0 Å². The molecule has 2 aliphatic heterocycles. The third kappa shape index (κ3) is 6.26. The van der Waals surface area contributed by atoms with E-state index in [2.05, 4.69) is 211 Å². The molecule has 6 aromatic carbocycles. The molecule has 348 valence electrons. The highest BCUT2D eigenvalue weighted by atomic mass is 32.1. The van der Waals surface area contributed by atoms with Gasteiger partial charge in [0, 0.05) is 43.9 Å². The molecule has 0 saturated heterocycles. The minimum absolute atomic E-state index is 0.0541. The molecule has 0 unspecified atom stereocenters. The summed E-state index contributed by atoms with van der Waals surface area (Å²) in [5.41, 5.74) is 23.1. The van der Waals surface area contributed by atoms with Gasteiger partial charge in [0.15, 0.2) is 0 Å². The molecular formula is C64H73BN2S. The molecule has 4 heteroatoms. The van der Waals surface area contributed by atoms with Crippen molar-refractivity contribution in [1.82, 2.24) is 0 Å². The van der Waals surface area contributed by atoms with Gasteiger partial charge >= 0.3 is 0 Å². The summed E-state index contributed by atoms with van der Waals surface area (Å²) in [6.07, 6.45) is 7.13. The topological polar surface area (TPSA) is 6.48 Å². The van der Waals surface area contributed by atoms with Crippen molar-refractivity contribution in [3.8, 4) is 0 Å². The Hall–Kier alpha value is -4.80. The van der Waals surface area contributed by atoms with Gasteiger partial charge < -0.3 is 9.80 Å². The van der Waals surface area contributed by atoms with E-state index in [-0.39, 0.29) is 44.6 Å². The summed E-state index contributed by atoms with van der Waals surface area (Å²) in [6.45, 7) is 37.3. The first kappa shape index (κ1) is 44.4. The molecule has 0 radical (unpaired) electrons. The van der Waals surface area contributed by atoms with Crippen LogP contribution in [0.1, 0.15) is 181 Å². The average molecular weight is 913 g/mol. The first-order valence-electron chi connectivity index (χ1n) is 26.0. The van der Waals surface area contributed by atoms with Gasteiger partial charge in [0.1, 0.15) is 0 Å². The maximum atomic E-state index is 2.75. The number of thiophene rings is 1. The van der Waals surface area contributed by atoms with E-state index >= 15 is 0 Å². The van der Waals surface area contributed by atoms with Crippen LogP contribution in [0.5, 0.6) is 0 Å². The van der Waals surface area contributed by atoms with Crippen molar-refractivity contribution in [3.63, 3.8) is 0 Å². The fraction of sp³-hybridized carbons (Fsp3) is 0.438. The van der Waals surface area contributed by atoms with Crippen LogP contribution < -0.4 is 26.2 Å². The van der Waals surface area contributed by atoms with E-state index < -0.39 is 0 Å². The van der Waals surface area contributed by atoms with Crippen molar-refractivity contribution in [2.24, 2.45) is 0 Å². The molecule has 1 aromatic heterocycles. The summed E-state index contributed by atoms with van der Waals surface area (Å²) in [5.74, 6) is 0. The molecule has 0 N–H and O–H groups in total. The fourth-order valence-corrected chi connectivity index (χ4v) is 14.9. The Balaban J connectivity index is 1.26. The lowest BCUT2D eigenvalue weighted by Crippen LogP contribution is -2.62. The standard InChI is InChI=1S/C64H73BN2S/c1-58(2,3)38-31-53-56-54(32-38)67(50-21-18-20-41-40-19-16-17-22-55(40)68-57(41)50)52-37-47-45(62(10,11)28-30-64(47,14)15)35-49(52)65(56)48-34-44-46(63(12,13)29-27-61(44,8)9)36-51(48)66(53)39-23-24-42-43(33-39)60(6,7)26-25-59(42,4)5/h16-24,31-37H,25-30H2,1-15H3. The van der Waals surface area contributed by atoms with Crippen molar-refractivity contribution in [1.29, 1.82) is 0 Å². The van der Waals surface area contributed by atoms with Crippen LogP contribution in [0.2, 0.25) is 0 Å². The molecule has 0 saturated carbocycles. The number of hydrogen-bond donors (Lipinski definition) is 0. The molecular weight excluding hydrogens is 840 g/mol. The second-order valence-corrected chi connectivity index (χ2v) is 28.0. The summed E-state index contributed by atoms with van der Waals surface area (Å²) in [7, 11) is 0. The van der Waals surface area contributed by atoms with E-state index in [1.807, 2.05) is 11.3 Å². The lowest BCUT2D eigenvalue weighted by Gasteiger charge is -2.49. The molecule has 5 aliphatic rings. The number of anilines is 6. The third-order valence-corrected chi connectivity index (χ3v) is 19.8. The van der Waals surface area contributed by atoms with E-state index in [9.17, 15) is 0 Å². The van der Waals surface area contributed by atoms with E-state index in [0.29, 0.717) is 0 Å². The van der Waals surface area contributed by atoms with Crippen LogP contribution in [-0.4, -0.2) is 6.71 Å². The van der Waals surface area contributed by atoms with Crippen molar-refractivity contribution in [2.45, 2.75) is 180 Å². The molecule has 12 rings (SSSR count). The van der Waals surface area contributed by atoms with Gasteiger partial charge in [-0.1, -0.05) is 152 Å². The zero-order valence-electron chi connectivity index (χ0n) is 43.9. The molecule has 68 heavy (non-hydrogen) atoms. The van der Waals surface area contributed by atoms with Gasteiger partial charge in [-0.15, -0.1) is 11.3 Å². The van der Waals surface area contributed by atoms with Gasteiger partial charge in [0.05, 0.1) is 10.4 Å². The number of benzene rings is 6. The van der Waals surface area contributed by atoms with Gasteiger partial charge in [0.2, 0.25) is 0 Å². The van der Waals surface area contributed by atoms with Crippen LogP contribution in [0, 0.1) is 0 Å². The Morgan fingerprint density at radius 1 is 0.426 bits per heavy atom. The minimum atomic E-state index is -0.103. The summed E-state index contributed by atoms with van der Waals surface area (Å²) < 4.78 is 2.70. The van der Waals surface area contributed by atoms with Crippen LogP contribution in [0.25, 0.3) is 20.2 Å².